The van der Waals surface area contributed by atoms with Crippen LogP contribution in [-0.4, -0.2) is 42.0 Å². The van der Waals surface area contributed by atoms with Crippen molar-refractivity contribution in [2.24, 2.45) is 4.99 Å². The van der Waals surface area contributed by atoms with E-state index in [1.165, 1.54) is 12.1 Å². The van der Waals surface area contributed by atoms with Crippen LogP contribution in [0.1, 0.15) is 24.2 Å². The van der Waals surface area contributed by atoms with Crippen LogP contribution in [0.25, 0.3) is 0 Å². The topological polar surface area (TPSA) is 47.9 Å². The van der Waals surface area contributed by atoms with Crippen molar-refractivity contribution in [1.82, 2.24) is 10.2 Å². The van der Waals surface area contributed by atoms with Gasteiger partial charge in [-0.25, -0.2) is 4.99 Å². The number of aliphatic imine (C=N–C) groups is 1. The Morgan fingerprint density at radius 3 is 2.40 bits per heavy atom. The summed E-state index contributed by atoms with van der Waals surface area (Å²) in [7, 11) is 0. The molecule has 1 unspecified atom stereocenters. The average molecular weight is 353 g/mol. The minimum atomic E-state index is -4.40. The number of piperazine rings is 1. The van der Waals surface area contributed by atoms with Crippen molar-refractivity contribution in [2.75, 3.05) is 26.2 Å². The lowest BCUT2D eigenvalue weighted by Gasteiger charge is -2.32. The molecule has 1 aliphatic heterocycles. The highest BCUT2D eigenvalue weighted by Gasteiger charge is 2.30. The number of alkyl halides is 3. The van der Waals surface area contributed by atoms with Gasteiger partial charge in [0.2, 0.25) is 0 Å². The van der Waals surface area contributed by atoms with Gasteiger partial charge in [0.1, 0.15) is 11.9 Å². The summed E-state index contributed by atoms with van der Waals surface area (Å²) < 4.78 is 38.0. The maximum atomic E-state index is 12.7. The quantitative estimate of drug-likeness (QED) is 0.646. The van der Waals surface area contributed by atoms with Crippen molar-refractivity contribution in [3.05, 3.63) is 59.8 Å². The zero-order valence-corrected chi connectivity index (χ0v) is 14.1. The third kappa shape index (κ3) is 4.93. The maximum absolute atomic E-state index is 12.7. The molecule has 1 heterocycles. The summed E-state index contributed by atoms with van der Waals surface area (Å²) in [5.41, 5.74) is -0.0416. The van der Waals surface area contributed by atoms with E-state index >= 15 is 0 Å². The van der Waals surface area contributed by atoms with Gasteiger partial charge >= 0.3 is 6.18 Å². The predicted octanol–water partition coefficient (Wildman–Crippen LogP) is 3.13. The maximum Gasteiger partial charge on any atom is 0.416 e. The van der Waals surface area contributed by atoms with Crippen LogP contribution in [-0.2, 0) is 6.18 Å². The molecule has 0 aromatic heterocycles. The van der Waals surface area contributed by atoms with Gasteiger partial charge in [0.25, 0.3) is 0 Å². The molecule has 1 aromatic carbocycles. The number of hydrogen-bond donors (Lipinski definition) is 2. The van der Waals surface area contributed by atoms with Crippen molar-refractivity contribution in [3.63, 3.8) is 0 Å². The standard InChI is InChI=1S/C18H22F3N3O/c1-3-8-23-17(24-11-9-22-10-12-24)13(2)16(25)14-4-6-15(7-5-14)18(19,20)21/h3-8,16,22,25H,2,9-12H2,1H3/b8-3-,23-17?. The first-order valence-electron chi connectivity index (χ1n) is 8.03. The number of nitrogens with zero attached hydrogens (tertiary/aromatic N) is 2. The molecule has 0 radical (unpaired) electrons. The summed E-state index contributed by atoms with van der Waals surface area (Å²) in [4.78, 5) is 6.37. The summed E-state index contributed by atoms with van der Waals surface area (Å²) in [5, 5.41) is 13.8. The van der Waals surface area contributed by atoms with Crippen LogP contribution >= 0.6 is 0 Å². The predicted molar refractivity (Wildman–Crippen MR) is 92.2 cm³/mol. The lowest BCUT2D eigenvalue weighted by molar-refractivity contribution is -0.137. The van der Waals surface area contributed by atoms with Crippen LogP contribution in [0.3, 0.4) is 0 Å². The summed E-state index contributed by atoms with van der Waals surface area (Å²) >= 11 is 0. The van der Waals surface area contributed by atoms with Crippen LogP contribution in [0, 0.1) is 0 Å². The fourth-order valence-electron chi connectivity index (χ4n) is 2.57. The van der Waals surface area contributed by atoms with Crippen molar-refractivity contribution in [2.45, 2.75) is 19.2 Å². The Bertz CT molecular complexity index is 645. The Morgan fingerprint density at radius 1 is 1.28 bits per heavy atom. The minimum absolute atomic E-state index is 0.348. The molecule has 2 N–H and O–H groups in total. The lowest BCUT2D eigenvalue weighted by atomic mass is 9.99. The van der Waals surface area contributed by atoms with Gasteiger partial charge in [-0.1, -0.05) is 24.8 Å². The molecule has 1 aromatic rings. The number of benzene rings is 1. The molecule has 4 nitrogen and oxygen atoms in total. The van der Waals surface area contributed by atoms with Crippen LogP contribution in [0.2, 0.25) is 0 Å². The molecular weight excluding hydrogens is 331 g/mol. The highest BCUT2D eigenvalue weighted by molar-refractivity contribution is 5.99. The van der Waals surface area contributed by atoms with Gasteiger partial charge in [0, 0.05) is 38.0 Å². The Labute approximate surface area is 145 Å². The molecule has 136 valence electrons. The smallest absolute Gasteiger partial charge is 0.384 e. The lowest BCUT2D eigenvalue weighted by Crippen LogP contribution is -2.47. The Morgan fingerprint density at radius 2 is 1.88 bits per heavy atom. The van der Waals surface area contributed by atoms with E-state index in [0.717, 1.165) is 38.3 Å². The molecule has 2 rings (SSSR count). The van der Waals surface area contributed by atoms with E-state index in [0.29, 0.717) is 17.0 Å². The molecule has 1 aliphatic rings. The van der Waals surface area contributed by atoms with Crippen LogP contribution in [0.4, 0.5) is 13.2 Å². The van der Waals surface area contributed by atoms with E-state index in [4.69, 9.17) is 0 Å². The number of allylic oxidation sites excluding steroid dienone is 1. The summed E-state index contributed by atoms with van der Waals surface area (Å²) in [6, 6.07) is 4.45. The number of aliphatic hydroxyl groups excluding tert-OH is 1. The molecule has 0 spiro atoms. The average Bonchev–Trinajstić information content (AvgIpc) is 2.61. The van der Waals surface area contributed by atoms with Crippen LogP contribution in [0.5, 0.6) is 0 Å². The van der Waals surface area contributed by atoms with E-state index < -0.39 is 17.8 Å². The Balaban J connectivity index is 2.22. The fraction of sp³-hybridized carbons (Fsp3) is 0.389. The zero-order valence-electron chi connectivity index (χ0n) is 14.1. The van der Waals surface area contributed by atoms with Gasteiger partial charge in [-0.15, -0.1) is 0 Å². The highest BCUT2D eigenvalue weighted by atomic mass is 19.4. The summed E-state index contributed by atoms with van der Waals surface area (Å²) in [6.45, 7) is 8.77. The largest absolute Gasteiger partial charge is 0.416 e. The first kappa shape index (κ1) is 19.2. The van der Waals surface area contributed by atoms with E-state index in [2.05, 4.69) is 16.9 Å². The van der Waals surface area contributed by atoms with Gasteiger partial charge < -0.3 is 15.3 Å². The van der Waals surface area contributed by atoms with Crippen molar-refractivity contribution in [1.29, 1.82) is 0 Å². The number of aliphatic hydroxyl groups is 1. The van der Waals surface area contributed by atoms with Gasteiger partial charge in [0.15, 0.2) is 0 Å². The first-order valence-corrected chi connectivity index (χ1v) is 8.03. The highest BCUT2D eigenvalue weighted by Crippen LogP contribution is 2.31. The zero-order chi connectivity index (χ0) is 18.4. The van der Waals surface area contributed by atoms with E-state index in [-0.39, 0.29) is 0 Å². The summed E-state index contributed by atoms with van der Waals surface area (Å²) in [6.07, 6.45) is -2.15. The second-order valence-electron chi connectivity index (χ2n) is 5.72. The van der Waals surface area contributed by atoms with Crippen LogP contribution in [0.15, 0.2) is 53.7 Å². The normalized spacial score (nSPS) is 17.8. The summed E-state index contributed by atoms with van der Waals surface area (Å²) in [5.74, 6) is 0.548. The SMILES string of the molecule is C=C(C(=N/C=C\C)N1CCNCC1)C(O)c1ccc(C(F)(F)F)cc1. The Kier molecular flexibility index (Phi) is 6.39. The molecule has 0 amide bonds. The fourth-order valence-corrected chi connectivity index (χ4v) is 2.57. The van der Waals surface area contributed by atoms with E-state index in [1.807, 2.05) is 11.8 Å². The van der Waals surface area contributed by atoms with E-state index in [1.54, 1.807) is 12.3 Å². The van der Waals surface area contributed by atoms with Crippen LogP contribution < -0.4 is 5.32 Å². The van der Waals surface area contributed by atoms with E-state index in [9.17, 15) is 18.3 Å². The second-order valence-corrected chi connectivity index (χ2v) is 5.72. The number of rotatable bonds is 4. The Hall–Kier alpha value is -2.12. The number of hydrogen-bond acceptors (Lipinski definition) is 3. The monoisotopic (exact) mass is 353 g/mol. The number of halogens is 3. The molecule has 1 saturated heterocycles. The third-order valence-electron chi connectivity index (χ3n) is 3.93. The molecule has 7 heteroatoms. The first-order chi connectivity index (χ1) is 11.8. The van der Waals surface area contributed by atoms with Gasteiger partial charge in [-0.05, 0) is 24.6 Å². The number of nitrogens with one attached hydrogen (secondary N) is 1. The molecule has 1 fully saturated rings. The van der Waals surface area contributed by atoms with Crippen molar-refractivity contribution < 1.29 is 18.3 Å². The van der Waals surface area contributed by atoms with Gasteiger partial charge in [-0.2, -0.15) is 13.2 Å². The van der Waals surface area contributed by atoms with Crippen molar-refractivity contribution in [3.8, 4) is 0 Å². The molecule has 1 atom stereocenters. The van der Waals surface area contributed by atoms with Gasteiger partial charge in [0.05, 0.1) is 5.56 Å². The molecular formula is C18H22F3N3O. The third-order valence-corrected chi connectivity index (χ3v) is 3.93. The molecule has 0 bridgehead atoms. The van der Waals surface area contributed by atoms with Crippen molar-refractivity contribution >= 4 is 5.84 Å². The van der Waals surface area contributed by atoms with Gasteiger partial charge in [-0.3, -0.25) is 0 Å². The molecule has 25 heavy (non-hydrogen) atoms. The molecule has 0 saturated carbocycles. The minimum Gasteiger partial charge on any atom is -0.384 e. The second kappa shape index (κ2) is 8.31. The number of amidine groups is 1. The molecule has 0 aliphatic carbocycles.